The zero-order chi connectivity index (χ0) is 18.7. The lowest BCUT2D eigenvalue weighted by molar-refractivity contribution is -0.137. The van der Waals surface area contributed by atoms with Gasteiger partial charge in [-0.1, -0.05) is 50.5 Å². The van der Waals surface area contributed by atoms with Crippen LogP contribution in [0.1, 0.15) is 64.7 Å². The largest absolute Gasteiger partial charge is 0.481 e. The van der Waals surface area contributed by atoms with Gasteiger partial charge >= 0.3 is 5.97 Å². The Morgan fingerprint density at radius 2 is 2.04 bits per heavy atom. The number of aliphatic hydroxyl groups excluding tert-OH is 2. The predicted octanol–water partition coefficient (Wildman–Crippen LogP) is 3.25. The van der Waals surface area contributed by atoms with Crippen LogP contribution in [0.2, 0.25) is 0 Å². The summed E-state index contributed by atoms with van der Waals surface area (Å²) in [7, 11) is 0. The highest BCUT2D eigenvalue weighted by Gasteiger charge is 2.39. The van der Waals surface area contributed by atoms with Crippen molar-refractivity contribution in [2.45, 2.75) is 76.9 Å². The second-order valence-corrected chi connectivity index (χ2v) is 6.86. The fraction of sp³-hybridized carbons (Fsp3) is 0.700. The Labute approximate surface area is 150 Å². The minimum absolute atomic E-state index is 0.0535. The molecule has 0 aromatic rings. The molecule has 0 saturated heterocycles. The Morgan fingerprint density at radius 3 is 2.72 bits per heavy atom. The van der Waals surface area contributed by atoms with Gasteiger partial charge in [-0.2, -0.15) is 0 Å². The molecule has 0 aromatic heterocycles. The second-order valence-electron chi connectivity index (χ2n) is 6.86. The molecule has 0 spiro atoms. The van der Waals surface area contributed by atoms with Gasteiger partial charge in [0.2, 0.25) is 0 Å². The molecule has 3 N–H and O–H groups in total. The van der Waals surface area contributed by atoms with E-state index in [9.17, 15) is 19.8 Å². The molecule has 5 nitrogen and oxygen atoms in total. The summed E-state index contributed by atoms with van der Waals surface area (Å²) in [6, 6.07) is 0. The van der Waals surface area contributed by atoms with Gasteiger partial charge in [0.25, 0.3) is 0 Å². The highest BCUT2D eigenvalue weighted by Crippen LogP contribution is 2.33. The van der Waals surface area contributed by atoms with E-state index in [1.807, 2.05) is 12.2 Å². The van der Waals surface area contributed by atoms with E-state index in [2.05, 4.69) is 6.92 Å². The number of carboxylic acids is 1. The normalized spacial score (nSPS) is 25.2. The quantitative estimate of drug-likeness (QED) is 0.370. The number of allylic oxidation sites excluding steroid dienone is 2. The molecular formula is C20H32O5. The lowest BCUT2D eigenvalue weighted by Crippen LogP contribution is -2.18. The van der Waals surface area contributed by atoms with Crippen LogP contribution in [0.5, 0.6) is 0 Å². The smallest absolute Gasteiger partial charge is 0.303 e. The fourth-order valence-corrected chi connectivity index (χ4v) is 3.22. The number of carboxylic acid groups (broad SMARTS) is 1. The number of ketones is 1. The Kier molecular flexibility index (Phi) is 10.3. The van der Waals surface area contributed by atoms with Gasteiger partial charge in [-0.3, -0.25) is 9.59 Å². The van der Waals surface area contributed by atoms with Crippen LogP contribution in [0.25, 0.3) is 0 Å². The Balaban J connectivity index is 2.48. The molecule has 1 saturated carbocycles. The number of hydrogen-bond acceptors (Lipinski definition) is 4. The molecule has 0 radical (unpaired) electrons. The van der Waals surface area contributed by atoms with Gasteiger partial charge in [0.1, 0.15) is 5.78 Å². The number of aliphatic hydroxyl groups is 2. The fourth-order valence-electron chi connectivity index (χ4n) is 3.22. The van der Waals surface area contributed by atoms with E-state index in [0.717, 1.165) is 19.3 Å². The van der Waals surface area contributed by atoms with E-state index in [4.69, 9.17) is 5.11 Å². The summed E-state index contributed by atoms with van der Waals surface area (Å²) in [5.74, 6) is -1.26. The number of unbranched alkanes of at least 4 members (excludes halogenated alkanes) is 3. The van der Waals surface area contributed by atoms with E-state index in [-0.39, 0.29) is 30.5 Å². The lowest BCUT2D eigenvalue weighted by Gasteiger charge is -2.16. The average Bonchev–Trinajstić information content (AvgIpc) is 2.82. The maximum absolute atomic E-state index is 12.1. The molecule has 0 amide bonds. The van der Waals surface area contributed by atoms with Crippen molar-refractivity contribution in [3.8, 4) is 0 Å². The Morgan fingerprint density at radius 1 is 1.28 bits per heavy atom. The summed E-state index contributed by atoms with van der Waals surface area (Å²) in [5.41, 5.74) is 0. The number of Topliss-reactive ketones (excluding diaryl/α,β-unsaturated/α-hetero) is 1. The third kappa shape index (κ3) is 8.45. The molecular weight excluding hydrogens is 320 g/mol. The van der Waals surface area contributed by atoms with Crippen LogP contribution in [0.4, 0.5) is 0 Å². The summed E-state index contributed by atoms with van der Waals surface area (Å²) in [5, 5.41) is 28.7. The van der Waals surface area contributed by atoms with Crippen molar-refractivity contribution in [1.82, 2.24) is 0 Å². The van der Waals surface area contributed by atoms with Crippen molar-refractivity contribution in [1.29, 1.82) is 0 Å². The summed E-state index contributed by atoms with van der Waals surface area (Å²) in [4.78, 5) is 22.5. The van der Waals surface area contributed by atoms with E-state index >= 15 is 0 Å². The molecule has 25 heavy (non-hydrogen) atoms. The van der Waals surface area contributed by atoms with E-state index < -0.39 is 18.2 Å². The van der Waals surface area contributed by atoms with Crippen molar-refractivity contribution < 1.29 is 24.9 Å². The average molecular weight is 352 g/mol. The first-order chi connectivity index (χ1) is 12.0. The van der Waals surface area contributed by atoms with Gasteiger partial charge in [0.15, 0.2) is 0 Å². The minimum Gasteiger partial charge on any atom is -0.481 e. The number of hydrogen-bond donors (Lipinski definition) is 3. The summed E-state index contributed by atoms with van der Waals surface area (Å²) >= 11 is 0. The van der Waals surface area contributed by atoms with Gasteiger partial charge in [-0.25, -0.2) is 0 Å². The molecule has 0 unspecified atom stereocenters. The van der Waals surface area contributed by atoms with Crippen molar-refractivity contribution in [2.24, 2.45) is 11.8 Å². The van der Waals surface area contributed by atoms with E-state index in [0.29, 0.717) is 25.7 Å². The zero-order valence-electron chi connectivity index (χ0n) is 15.1. The third-order valence-electron chi connectivity index (χ3n) is 4.71. The van der Waals surface area contributed by atoms with Crippen molar-refractivity contribution in [2.75, 3.05) is 0 Å². The first kappa shape index (κ1) is 21.6. The molecule has 0 aromatic carbocycles. The molecule has 0 heterocycles. The van der Waals surface area contributed by atoms with Gasteiger partial charge in [0.05, 0.1) is 12.2 Å². The van der Waals surface area contributed by atoms with Crippen LogP contribution in [-0.4, -0.2) is 39.3 Å². The van der Waals surface area contributed by atoms with Crippen LogP contribution in [0.15, 0.2) is 24.3 Å². The second kappa shape index (κ2) is 12.0. The van der Waals surface area contributed by atoms with E-state index in [1.54, 1.807) is 12.2 Å². The number of rotatable bonds is 12. The van der Waals surface area contributed by atoms with Gasteiger partial charge in [-0.05, 0) is 25.7 Å². The molecule has 1 fully saturated rings. The summed E-state index contributed by atoms with van der Waals surface area (Å²) < 4.78 is 0. The molecule has 0 bridgehead atoms. The molecule has 1 rings (SSSR count). The van der Waals surface area contributed by atoms with Crippen LogP contribution < -0.4 is 0 Å². The van der Waals surface area contributed by atoms with Crippen LogP contribution >= 0.6 is 0 Å². The van der Waals surface area contributed by atoms with Gasteiger partial charge in [-0.15, -0.1) is 0 Å². The highest BCUT2D eigenvalue weighted by molar-refractivity contribution is 5.84. The monoisotopic (exact) mass is 352 g/mol. The molecule has 4 atom stereocenters. The summed E-state index contributed by atoms with van der Waals surface area (Å²) in [6.45, 7) is 2.11. The van der Waals surface area contributed by atoms with Crippen molar-refractivity contribution in [3.05, 3.63) is 24.3 Å². The van der Waals surface area contributed by atoms with Crippen LogP contribution in [-0.2, 0) is 9.59 Å². The maximum atomic E-state index is 12.1. The molecule has 1 aliphatic rings. The number of carbonyl (C=O) groups excluding carboxylic acids is 1. The molecule has 142 valence electrons. The zero-order valence-corrected chi connectivity index (χ0v) is 15.1. The first-order valence-corrected chi connectivity index (χ1v) is 9.39. The molecule has 1 aliphatic carbocycles. The number of carbonyl (C=O) groups is 2. The third-order valence-corrected chi connectivity index (χ3v) is 4.71. The highest BCUT2D eigenvalue weighted by atomic mass is 16.4. The number of aliphatic carboxylic acids is 1. The Bertz CT molecular complexity index is 469. The maximum Gasteiger partial charge on any atom is 0.303 e. The predicted molar refractivity (Wildman–Crippen MR) is 97.1 cm³/mol. The first-order valence-electron chi connectivity index (χ1n) is 9.39. The molecule has 0 aliphatic heterocycles. The topological polar surface area (TPSA) is 94.8 Å². The van der Waals surface area contributed by atoms with Gasteiger partial charge < -0.3 is 15.3 Å². The van der Waals surface area contributed by atoms with Gasteiger partial charge in [0, 0.05) is 24.7 Å². The lowest BCUT2D eigenvalue weighted by atomic mass is 9.90. The standard InChI is InChI=1S/C20H32O5/c1-2-3-6-9-15(21)12-13-17-16(18(22)14-19(17)23)10-7-4-5-8-11-20(24)25/h4,7,12-13,15-17,19,21,23H,2-3,5-6,8-11,14H2,1H3,(H,24,25)/b7-4-,13-12+/t15-,16-,17-,19+/m1/s1. The SMILES string of the molecule is CCCCC[C@@H](O)/C=C/[C@H]1[C@@H](O)CC(=O)[C@@H]1C/C=C\CCCC(=O)O. The Hall–Kier alpha value is -1.46. The van der Waals surface area contributed by atoms with Crippen molar-refractivity contribution in [3.63, 3.8) is 0 Å². The van der Waals surface area contributed by atoms with Crippen molar-refractivity contribution >= 4 is 11.8 Å². The minimum atomic E-state index is -0.801. The van der Waals surface area contributed by atoms with Crippen LogP contribution in [0, 0.1) is 11.8 Å². The van der Waals surface area contributed by atoms with Crippen LogP contribution in [0.3, 0.4) is 0 Å². The molecule has 5 heteroatoms. The summed E-state index contributed by atoms with van der Waals surface area (Å²) in [6.07, 6.45) is 12.1. The van der Waals surface area contributed by atoms with E-state index in [1.165, 1.54) is 0 Å².